The molecular formula is C18H19BrF2N2O3. The molecule has 0 unspecified atom stereocenters. The van der Waals surface area contributed by atoms with Crippen molar-refractivity contribution in [3.8, 4) is 0 Å². The van der Waals surface area contributed by atoms with Crippen molar-refractivity contribution in [2.45, 2.75) is 49.2 Å². The molecule has 0 bridgehead atoms. The number of hydrogen-bond acceptors (Lipinski definition) is 3. The molecule has 8 heteroatoms. The van der Waals surface area contributed by atoms with Crippen molar-refractivity contribution in [1.29, 1.82) is 0 Å². The molecule has 0 radical (unpaired) electrons. The van der Waals surface area contributed by atoms with Gasteiger partial charge in [0, 0.05) is 29.0 Å². The van der Waals surface area contributed by atoms with E-state index in [2.05, 4.69) is 21.2 Å². The van der Waals surface area contributed by atoms with E-state index in [1.165, 1.54) is 11.0 Å². The van der Waals surface area contributed by atoms with Crippen molar-refractivity contribution in [2.75, 3.05) is 13.1 Å². The minimum absolute atomic E-state index is 0.142. The highest BCUT2D eigenvalue weighted by Crippen LogP contribution is 2.64. The normalized spacial score (nSPS) is 34.3. The minimum Gasteiger partial charge on any atom is -0.390 e. The average Bonchev–Trinajstić information content (AvgIpc) is 3.04. The lowest BCUT2D eigenvalue weighted by Crippen LogP contribution is -2.56. The van der Waals surface area contributed by atoms with E-state index in [0.29, 0.717) is 22.9 Å². The molecule has 2 saturated carbocycles. The number of hydrogen-bond donors (Lipinski definition) is 2. The molecule has 4 rings (SSSR count). The maximum absolute atomic E-state index is 14.2. The first-order chi connectivity index (χ1) is 12.0. The standard InChI is InChI=1S/C18H19BrF2N2O3/c1-16(26)5-11(6-16)22-14(24)7-23-9-17(8-18(17,20)21)13-4-10(19)2-3-12(13)15(23)25/h2-4,11,26H,5-9H2,1H3,(H,22,24)/t11?,16?,17-/m0/s1. The molecule has 1 aromatic rings. The smallest absolute Gasteiger partial charge is 0.260 e. The highest BCUT2D eigenvalue weighted by atomic mass is 79.9. The van der Waals surface area contributed by atoms with E-state index < -0.39 is 28.8 Å². The van der Waals surface area contributed by atoms with E-state index in [0.717, 1.165) is 0 Å². The quantitative estimate of drug-likeness (QED) is 0.775. The number of rotatable bonds is 3. The zero-order chi connectivity index (χ0) is 18.9. The predicted octanol–water partition coefficient (Wildman–Crippen LogP) is 2.21. The second-order valence-corrected chi connectivity index (χ2v) is 8.90. The summed E-state index contributed by atoms with van der Waals surface area (Å²) in [6.45, 7) is 1.26. The van der Waals surface area contributed by atoms with Crippen molar-refractivity contribution in [1.82, 2.24) is 10.2 Å². The Morgan fingerprint density at radius 3 is 2.65 bits per heavy atom. The van der Waals surface area contributed by atoms with E-state index in [1.807, 2.05) is 0 Å². The van der Waals surface area contributed by atoms with Gasteiger partial charge in [0.1, 0.15) is 0 Å². The Morgan fingerprint density at radius 1 is 1.42 bits per heavy atom. The highest BCUT2D eigenvalue weighted by molar-refractivity contribution is 9.10. The fourth-order valence-corrected chi connectivity index (χ4v) is 4.59. The van der Waals surface area contributed by atoms with Gasteiger partial charge in [-0.1, -0.05) is 15.9 Å². The summed E-state index contributed by atoms with van der Waals surface area (Å²) in [6.07, 6.45) is 0.581. The summed E-state index contributed by atoms with van der Waals surface area (Å²) < 4.78 is 29.0. The lowest BCUT2D eigenvalue weighted by Gasteiger charge is -2.41. The molecule has 1 spiro atoms. The molecule has 1 aromatic carbocycles. The Bertz CT molecular complexity index is 806. The number of benzene rings is 1. The van der Waals surface area contributed by atoms with Crippen LogP contribution in [0.4, 0.5) is 8.78 Å². The Hall–Kier alpha value is -1.54. The molecule has 1 heterocycles. The van der Waals surface area contributed by atoms with Gasteiger partial charge in [-0.3, -0.25) is 9.59 Å². The summed E-state index contributed by atoms with van der Waals surface area (Å²) >= 11 is 3.28. The van der Waals surface area contributed by atoms with Crippen molar-refractivity contribution in [2.24, 2.45) is 0 Å². The van der Waals surface area contributed by atoms with E-state index in [1.54, 1.807) is 19.1 Å². The molecular weight excluding hydrogens is 410 g/mol. The fraction of sp³-hybridized carbons (Fsp3) is 0.556. The van der Waals surface area contributed by atoms with Crippen LogP contribution in [0.25, 0.3) is 0 Å². The summed E-state index contributed by atoms with van der Waals surface area (Å²) in [5, 5.41) is 12.5. The Labute approximate surface area is 157 Å². The van der Waals surface area contributed by atoms with Crippen LogP contribution in [0.5, 0.6) is 0 Å². The largest absolute Gasteiger partial charge is 0.390 e. The van der Waals surface area contributed by atoms with E-state index >= 15 is 0 Å². The second kappa shape index (κ2) is 5.48. The number of alkyl halides is 2. The van der Waals surface area contributed by atoms with Crippen LogP contribution in [-0.2, 0) is 10.2 Å². The van der Waals surface area contributed by atoms with Crippen molar-refractivity contribution in [3.05, 3.63) is 33.8 Å². The molecule has 2 aliphatic carbocycles. The summed E-state index contributed by atoms with van der Waals surface area (Å²) in [5.74, 6) is -3.68. The first kappa shape index (κ1) is 17.9. The number of fused-ring (bicyclic) bond motifs is 2. The number of halogens is 3. The van der Waals surface area contributed by atoms with Crippen molar-refractivity contribution >= 4 is 27.7 Å². The van der Waals surface area contributed by atoms with Crippen LogP contribution in [0.1, 0.15) is 42.1 Å². The molecule has 140 valence electrons. The topological polar surface area (TPSA) is 69.6 Å². The second-order valence-electron chi connectivity index (χ2n) is 7.98. The van der Waals surface area contributed by atoms with Crippen LogP contribution in [-0.4, -0.2) is 52.5 Å². The fourth-order valence-electron chi connectivity index (χ4n) is 4.23. The highest BCUT2D eigenvalue weighted by Gasteiger charge is 2.74. The Kier molecular flexibility index (Phi) is 3.76. The number of amides is 2. The molecule has 0 aromatic heterocycles. The van der Waals surface area contributed by atoms with Crippen LogP contribution < -0.4 is 5.32 Å². The van der Waals surface area contributed by atoms with Crippen molar-refractivity contribution in [3.63, 3.8) is 0 Å². The van der Waals surface area contributed by atoms with Crippen LogP contribution in [0.2, 0.25) is 0 Å². The summed E-state index contributed by atoms with van der Waals surface area (Å²) in [7, 11) is 0. The number of carbonyl (C=O) groups excluding carboxylic acids is 2. The van der Waals surface area contributed by atoms with Crippen LogP contribution in [0.3, 0.4) is 0 Å². The summed E-state index contributed by atoms with van der Waals surface area (Å²) in [4.78, 5) is 26.2. The van der Waals surface area contributed by atoms with Gasteiger partial charge in [-0.25, -0.2) is 8.78 Å². The van der Waals surface area contributed by atoms with Crippen LogP contribution >= 0.6 is 15.9 Å². The van der Waals surface area contributed by atoms with E-state index in [-0.39, 0.29) is 31.1 Å². The zero-order valence-corrected chi connectivity index (χ0v) is 15.8. The van der Waals surface area contributed by atoms with Crippen LogP contribution in [0, 0.1) is 0 Å². The minimum atomic E-state index is -2.88. The zero-order valence-electron chi connectivity index (χ0n) is 14.2. The van der Waals surface area contributed by atoms with Gasteiger partial charge < -0.3 is 15.3 Å². The molecule has 5 nitrogen and oxygen atoms in total. The molecule has 2 amide bonds. The lowest BCUT2D eigenvalue weighted by molar-refractivity contribution is -0.125. The molecule has 3 aliphatic rings. The third kappa shape index (κ3) is 2.74. The molecule has 0 saturated heterocycles. The monoisotopic (exact) mass is 428 g/mol. The van der Waals surface area contributed by atoms with E-state index in [4.69, 9.17) is 0 Å². The molecule has 2 fully saturated rings. The average molecular weight is 429 g/mol. The van der Waals surface area contributed by atoms with Gasteiger partial charge in [-0.05, 0) is 43.5 Å². The first-order valence-corrected chi connectivity index (χ1v) is 9.31. The summed E-state index contributed by atoms with van der Waals surface area (Å²) in [5.41, 5.74) is -1.59. The van der Waals surface area contributed by atoms with Crippen LogP contribution in [0.15, 0.2) is 22.7 Å². The third-order valence-corrected chi connectivity index (χ3v) is 6.14. The maximum atomic E-state index is 14.2. The number of nitrogens with one attached hydrogen (secondary N) is 1. The van der Waals surface area contributed by atoms with Gasteiger partial charge in [0.25, 0.3) is 11.8 Å². The van der Waals surface area contributed by atoms with Crippen molar-refractivity contribution < 1.29 is 23.5 Å². The van der Waals surface area contributed by atoms with Gasteiger partial charge >= 0.3 is 0 Å². The predicted molar refractivity (Wildman–Crippen MR) is 93.1 cm³/mol. The van der Waals surface area contributed by atoms with E-state index in [9.17, 15) is 23.5 Å². The van der Waals surface area contributed by atoms with Gasteiger partial charge in [0.2, 0.25) is 5.91 Å². The maximum Gasteiger partial charge on any atom is 0.260 e. The number of nitrogens with zero attached hydrogens (tertiary/aromatic N) is 1. The summed E-state index contributed by atoms with van der Waals surface area (Å²) in [6, 6.07) is 4.62. The Balaban J connectivity index is 1.53. The molecule has 1 atom stereocenters. The van der Waals surface area contributed by atoms with Gasteiger partial charge in [-0.15, -0.1) is 0 Å². The lowest BCUT2D eigenvalue weighted by atomic mass is 9.77. The first-order valence-electron chi connectivity index (χ1n) is 8.52. The van der Waals surface area contributed by atoms with Gasteiger partial charge in [0.15, 0.2) is 0 Å². The molecule has 1 aliphatic heterocycles. The Morgan fingerprint density at radius 2 is 2.08 bits per heavy atom. The number of carbonyl (C=O) groups is 2. The number of aliphatic hydroxyl groups is 1. The van der Waals surface area contributed by atoms with Gasteiger partial charge in [0.05, 0.1) is 17.6 Å². The van der Waals surface area contributed by atoms with Gasteiger partial charge in [-0.2, -0.15) is 0 Å². The third-order valence-electron chi connectivity index (χ3n) is 5.65. The SMILES string of the molecule is CC1(O)CC(NC(=O)CN2C[C@@]3(CC3(F)F)c3cc(Br)ccc3C2=O)C1. The molecule has 26 heavy (non-hydrogen) atoms. The molecule has 2 N–H and O–H groups in total.